The molecule has 13 heavy (non-hydrogen) atoms. The first-order chi connectivity index (χ1) is 6.29. The van der Waals surface area contributed by atoms with Crippen molar-refractivity contribution in [1.29, 1.82) is 0 Å². The molecule has 3 rings (SSSR count). The number of ether oxygens (including phenoxy) is 1. The van der Waals surface area contributed by atoms with Crippen molar-refractivity contribution in [3.8, 4) is 0 Å². The van der Waals surface area contributed by atoms with Crippen LogP contribution in [0.25, 0.3) is 0 Å². The number of hydrogen-bond acceptors (Lipinski definition) is 3. The fourth-order valence-electron chi connectivity index (χ4n) is 2.45. The van der Waals surface area contributed by atoms with Crippen LogP contribution in [0.5, 0.6) is 0 Å². The molecule has 68 valence electrons. The summed E-state index contributed by atoms with van der Waals surface area (Å²) in [7, 11) is 0. The second kappa shape index (κ2) is 2.04. The van der Waals surface area contributed by atoms with Crippen molar-refractivity contribution in [3.05, 3.63) is 23.4 Å². The van der Waals surface area contributed by atoms with Crippen LogP contribution in [0.4, 0.5) is 0 Å². The van der Waals surface area contributed by atoms with E-state index in [9.17, 15) is 4.79 Å². The van der Waals surface area contributed by atoms with Crippen LogP contribution in [-0.4, -0.2) is 24.0 Å². The molecular weight excluding hydrogens is 166 g/mol. The van der Waals surface area contributed by atoms with Crippen molar-refractivity contribution in [2.45, 2.75) is 25.0 Å². The molecule has 0 aromatic heterocycles. The number of carbonyl (C=O) groups excluding carboxylic acids is 1. The third-order valence-corrected chi connectivity index (χ3v) is 3.08. The van der Waals surface area contributed by atoms with E-state index in [0.717, 1.165) is 24.2 Å². The van der Waals surface area contributed by atoms with Gasteiger partial charge in [0.05, 0.1) is 5.70 Å². The molecule has 2 unspecified atom stereocenters. The Hall–Kier alpha value is -1.09. The van der Waals surface area contributed by atoms with Gasteiger partial charge in [0.15, 0.2) is 11.4 Å². The van der Waals surface area contributed by atoms with Crippen LogP contribution >= 0.6 is 0 Å². The normalized spacial score (nSPS) is 43.8. The number of ketones is 1. The summed E-state index contributed by atoms with van der Waals surface area (Å²) in [6, 6.07) is 0. The first kappa shape index (κ1) is 7.33. The van der Waals surface area contributed by atoms with E-state index >= 15 is 0 Å². The molecule has 3 heteroatoms. The zero-order valence-corrected chi connectivity index (χ0v) is 7.46. The molecular formula is C10H11NO2. The van der Waals surface area contributed by atoms with Gasteiger partial charge in [-0.25, -0.2) is 0 Å². The molecule has 0 radical (unpaired) electrons. The molecule has 0 saturated carbocycles. The molecule has 0 amide bonds. The molecule has 2 heterocycles. The molecule has 2 saturated heterocycles. The first-order valence-electron chi connectivity index (χ1n) is 4.64. The SMILES string of the molecule is C/C=C1\C(=O)C=C2NCCC3OC213. The summed E-state index contributed by atoms with van der Waals surface area (Å²) >= 11 is 0. The quantitative estimate of drug-likeness (QED) is 0.433. The van der Waals surface area contributed by atoms with Gasteiger partial charge in [0.2, 0.25) is 0 Å². The smallest absolute Gasteiger partial charge is 0.186 e. The van der Waals surface area contributed by atoms with Gasteiger partial charge in [0.1, 0.15) is 6.10 Å². The Morgan fingerprint density at radius 3 is 3.38 bits per heavy atom. The highest BCUT2D eigenvalue weighted by Gasteiger charge is 2.66. The average molecular weight is 177 g/mol. The summed E-state index contributed by atoms with van der Waals surface area (Å²) in [5.74, 6) is 0.106. The second-order valence-electron chi connectivity index (χ2n) is 3.68. The Morgan fingerprint density at radius 2 is 2.62 bits per heavy atom. The van der Waals surface area contributed by atoms with E-state index in [-0.39, 0.29) is 17.5 Å². The summed E-state index contributed by atoms with van der Waals surface area (Å²) in [6.07, 6.45) is 4.80. The number of allylic oxidation sites excluding steroid dienone is 2. The molecule has 3 aliphatic rings. The van der Waals surface area contributed by atoms with Crippen molar-refractivity contribution < 1.29 is 9.53 Å². The van der Waals surface area contributed by atoms with Crippen molar-refractivity contribution in [3.63, 3.8) is 0 Å². The minimum Gasteiger partial charge on any atom is -0.385 e. The number of piperidine rings is 1. The predicted molar refractivity (Wildman–Crippen MR) is 47.1 cm³/mol. The highest BCUT2D eigenvalue weighted by Crippen LogP contribution is 2.54. The Balaban J connectivity index is 2.12. The fraction of sp³-hybridized carbons (Fsp3) is 0.500. The van der Waals surface area contributed by atoms with Gasteiger partial charge in [0.25, 0.3) is 0 Å². The maximum absolute atomic E-state index is 11.5. The van der Waals surface area contributed by atoms with Gasteiger partial charge in [-0.05, 0) is 13.3 Å². The average Bonchev–Trinajstić information content (AvgIpc) is 2.75. The van der Waals surface area contributed by atoms with E-state index < -0.39 is 0 Å². The summed E-state index contributed by atoms with van der Waals surface area (Å²) in [5.41, 5.74) is 1.45. The van der Waals surface area contributed by atoms with Crippen LogP contribution in [0.1, 0.15) is 13.3 Å². The van der Waals surface area contributed by atoms with Gasteiger partial charge < -0.3 is 10.1 Å². The van der Waals surface area contributed by atoms with Crippen LogP contribution in [-0.2, 0) is 9.53 Å². The van der Waals surface area contributed by atoms with Gasteiger partial charge in [0, 0.05) is 18.2 Å². The van der Waals surface area contributed by atoms with E-state index in [4.69, 9.17) is 4.74 Å². The minimum atomic E-state index is -0.343. The maximum atomic E-state index is 11.5. The molecule has 1 N–H and O–H groups in total. The van der Waals surface area contributed by atoms with Crippen LogP contribution in [0.2, 0.25) is 0 Å². The zero-order valence-electron chi connectivity index (χ0n) is 7.46. The summed E-state index contributed by atoms with van der Waals surface area (Å²) in [4.78, 5) is 11.5. The van der Waals surface area contributed by atoms with Crippen LogP contribution < -0.4 is 5.32 Å². The number of hydrogen-bond donors (Lipinski definition) is 1. The lowest BCUT2D eigenvalue weighted by Gasteiger charge is -2.18. The molecule has 2 aliphatic heterocycles. The highest BCUT2D eigenvalue weighted by atomic mass is 16.6. The van der Waals surface area contributed by atoms with E-state index in [2.05, 4.69) is 5.32 Å². The molecule has 1 aliphatic carbocycles. The Kier molecular flexibility index (Phi) is 1.15. The van der Waals surface area contributed by atoms with Gasteiger partial charge in [-0.3, -0.25) is 4.79 Å². The van der Waals surface area contributed by atoms with Crippen molar-refractivity contribution in [1.82, 2.24) is 5.32 Å². The topological polar surface area (TPSA) is 41.6 Å². The first-order valence-corrected chi connectivity index (χ1v) is 4.64. The molecule has 3 nitrogen and oxygen atoms in total. The van der Waals surface area contributed by atoms with Crippen molar-refractivity contribution in [2.75, 3.05) is 6.54 Å². The number of epoxide rings is 1. The van der Waals surface area contributed by atoms with E-state index in [0.29, 0.717) is 0 Å². The minimum absolute atomic E-state index is 0.106. The fourth-order valence-corrected chi connectivity index (χ4v) is 2.45. The summed E-state index contributed by atoms with van der Waals surface area (Å²) < 4.78 is 5.64. The van der Waals surface area contributed by atoms with E-state index in [1.165, 1.54) is 0 Å². The van der Waals surface area contributed by atoms with Crippen LogP contribution in [0.15, 0.2) is 23.4 Å². The summed E-state index contributed by atoms with van der Waals surface area (Å²) in [5, 5.41) is 3.23. The van der Waals surface area contributed by atoms with Crippen molar-refractivity contribution in [2.24, 2.45) is 0 Å². The predicted octanol–water partition coefficient (Wildman–Crippen LogP) is 0.530. The molecule has 0 aromatic rings. The Morgan fingerprint density at radius 1 is 1.77 bits per heavy atom. The largest absolute Gasteiger partial charge is 0.385 e. The van der Waals surface area contributed by atoms with Gasteiger partial charge in [-0.15, -0.1) is 0 Å². The van der Waals surface area contributed by atoms with E-state index in [1.54, 1.807) is 6.08 Å². The summed E-state index contributed by atoms with van der Waals surface area (Å²) in [6.45, 7) is 2.81. The molecule has 1 spiro atoms. The standard InChI is InChI=1S/C10H11NO2/c1-2-6-7(12)5-8-10(6)9(13-10)3-4-11-8/h2,5,9,11H,3-4H2,1H3/b6-2+. The Bertz CT molecular complexity index is 356. The van der Waals surface area contributed by atoms with E-state index in [1.807, 2.05) is 13.0 Å². The zero-order chi connectivity index (χ0) is 9.05. The van der Waals surface area contributed by atoms with Crippen molar-refractivity contribution >= 4 is 5.78 Å². The molecule has 2 atom stereocenters. The third kappa shape index (κ3) is 0.672. The second-order valence-corrected chi connectivity index (χ2v) is 3.68. The lowest BCUT2D eigenvalue weighted by Crippen LogP contribution is -2.34. The molecule has 2 fully saturated rings. The van der Waals surface area contributed by atoms with Crippen LogP contribution in [0, 0.1) is 0 Å². The lowest BCUT2D eigenvalue weighted by molar-refractivity contribution is -0.111. The monoisotopic (exact) mass is 177 g/mol. The van der Waals surface area contributed by atoms with Gasteiger partial charge >= 0.3 is 0 Å². The number of carbonyl (C=O) groups is 1. The molecule has 0 bridgehead atoms. The lowest BCUT2D eigenvalue weighted by atomic mass is 9.92. The number of nitrogens with one attached hydrogen (secondary N) is 1. The highest BCUT2D eigenvalue weighted by molar-refractivity contribution is 6.11. The third-order valence-electron chi connectivity index (χ3n) is 3.08. The van der Waals surface area contributed by atoms with Gasteiger partial charge in [-0.2, -0.15) is 0 Å². The van der Waals surface area contributed by atoms with Crippen LogP contribution in [0.3, 0.4) is 0 Å². The maximum Gasteiger partial charge on any atom is 0.186 e. The Labute approximate surface area is 76.5 Å². The van der Waals surface area contributed by atoms with Gasteiger partial charge in [-0.1, -0.05) is 6.08 Å². The molecule has 0 aromatic carbocycles. The number of rotatable bonds is 0.